The lowest BCUT2D eigenvalue weighted by molar-refractivity contribution is -0.131. The highest BCUT2D eigenvalue weighted by molar-refractivity contribution is 9.10. The van der Waals surface area contributed by atoms with Crippen LogP contribution in [-0.4, -0.2) is 41.8 Å². The van der Waals surface area contributed by atoms with Crippen LogP contribution in [0.4, 0.5) is 0 Å². The summed E-state index contributed by atoms with van der Waals surface area (Å²) in [6, 6.07) is 1.16. The first kappa shape index (κ1) is 16.6. The second-order valence-electron chi connectivity index (χ2n) is 5.28. The third kappa shape index (κ3) is 4.92. The number of hydrogen-bond acceptors (Lipinski definition) is 3. The Kier molecular flexibility index (Phi) is 6.13. The number of carbonyl (C=O) groups is 2. The second kappa shape index (κ2) is 7.38. The highest BCUT2D eigenvalue weighted by atomic mass is 79.9. The number of nitrogens with one attached hydrogen (secondary N) is 1. The maximum absolute atomic E-state index is 12.2. The van der Waals surface area contributed by atoms with Gasteiger partial charge in [-0.1, -0.05) is 13.8 Å². The van der Waals surface area contributed by atoms with Crippen molar-refractivity contribution >= 4 is 27.7 Å². The minimum atomic E-state index is -0.517. The van der Waals surface area contributed by atoms with E-state index in [2.05, 4.69) is 26.2 Å². The smallest absolute Gasteiger partial charge is 0.253 e. The van der Waals surface area contributed by atoms with Crippen molar-refractivity contribution < 1.29 is 9.59 Å². The van der Waals surface area contributed by atoms with E-state index in [0.29, 0.717) is 17.9 Å². The summed E-state index contributed by atoms with van der Waals surface area (Å²) in [6.07, 6.45) is 3.68. The Balaban J connectivity index is 2.84. The summed E-state index contributed by atoms with van der Waals surface area (Å²) in [4.78, 5) is 29.7. The van der Waals surface area contributed by atoms with Gasteiger partial charge in [-0.15, -0.1) is 0 Å². The predicted molar refractivity (Wildman–Crippen MR) is 81.3 cm³/mol. The van der Waals surface area contributed by atoms with Crippen LogP contribution < -0.4 is 5.32 Å². The van der Waals surface area contributed by atoms with Crippen LogP contribution in [0, 0.1) is 5.92 Å². The number of aromatic nitrogens is 1. The summed E-state index contributed by atoms with van der Waals surface area (Å²) in [5, 5.41) is 2.78. The molecule has 0 radical (unpaired) electrons. The highest BCUT2D eigenvalue weighted by Crippen LogP contribution is 2.11. The molecule has 1 atom stereocenters. The molecular formula is C14H20BrN3O2. The fraction of sp³-hybridized carbons (Fsp3) is 0.500. The number of nitrogens with zero attached hydrogens (tertiary/aromatic N) is 2. The molecule has 2 amide bonds. The van der Waals surface area contributed by atoms with E-state index in [1.807, 2.05) is 13.8 Å². The number of rotatable bonds is 5. The summed E-state index contributed by atoms with van der Waals surface area (Å²) < 4.78 is 0.726. The molecule has 0 aliphatic carbocycles. The minimum Gasteiger partial charge on any atom is -0.347 e. The van der Waals surface area contributed by atoms with E-state index in [-0.39, 0.29) is 11.8 Å². The van der Waals surface area contributed by atoms with Crippen molar-refractivity contribution in [2.24, 2.45) is 5.92 Å². The SMILES string of the molecule is CC(C)C[C@H](NC(=O)c1cncc(Br)c1)C(=O)N(C)C. The van der Waals surface area contributed by atoms with Crippen LogP contribution >= 0.6 is 15.9 Å². The van der Waals surface area contributed by atoms with E-state index in [9.17, 15) is 9.59 Å². The van der Waals surface area contributed by atoms with Crippen LogP contribution in [0.3, 0.4) is 0 Å². The van der Waals surface area contributed by atoms with Crippen molar-refractivity contribution in [3.8, 4) is 0 Å². The molecular weight excluding hydrogens is 322 g/mol. The zero-order valence-electron chi connectivity index (χ0n) is 12.2. The Hall–Kier alpha value is -1.43. The van der Waals surface area contributed by atoms with Crippen molar-refractivity contribution in [1.29, 1.82) is 0 Å². The fourth-order valence-corrected chi connectivity index (χ4v) is 2.15. The van der Waals surface area contributed by atoms with Crippen molar-refractivity contribution in [2.75, 3.05) is 14.1 Å². The van der Waals surface area contributed by atoms with Gasteiger partial charge in [-0.25, -0.2) is 0 Å². The average Bonchev–Trinajstić information content (AvgIpc) is 2.36. The van der Waals surface area contributed by atoms with Gasteiger partial charge in [0.1, 0.15) is 6.04 Å². The molecule has 0 saturated carbocycles. The molecule has 0 unspecified atom stereocenters. The van der Waals surface area contributed by atoms with Gasteiger partial charge in [-0.3, -0.25) is 14.6 Å². The molecule has 110 valence electrons. The molecule has 0 spiro atoms. The largest absolute Gasteiger partial charge is 0.347 e. The summed E-state index contributed by atoms with van der Waals surface area (Å²) in [6.45, 7) is 4.03. The number of amides is 2. The second-order valence-corrected chi connectivity index (χ2v) is 6.20. The summed E-state index contributed by atoms with van der Waals surface area (Å²) in [7, 11) is 3.37. The molecule has 1 aromatic rings. The van der Waals surface area contributed by atoms with Gasteiger partial charge in [-0.2, -0.15) is 0 Å². The Labute approximate surface area is 127 Å². The Bertz CT molecular complexity index is 489. The van der Waals surface area contributed by atoms with Crippen molar-refractivity contribution in [2.45, 2.75) is 26.3 Å². The van der Waals surface area contributed by atoms with Gasteiger partial charge in [0, 0.05) is 31.0 Å². The van der Waals surface area contributed by atoms with Crippen LogP contribution in [-0.2, 0) is 4.79 Å². The van der Waals surface area contributed by atoms with E-state index in [0.717, 1.165) is 4.47 Å². The van der Waals surface area contributed by atoms with Gasteiger partial charge in [0.25, 0.3) is 5.91 Å². The van der Waals surface area contributed by atoms with Crippen LogP contribution in [0.1, 0.15) is 30.6 Å². The van der Waals surface area contributed by atoms with Gasteiger partial charge in [0.05, 0.1) is 5.56 Å². The molecule has 0 aliphatic heterocycles. The van der Waals surface area contributed by atoms with Gasteiger partial charge < -0.3 is 10.2 Å². The predicted octanol–water partition coefficient (Wildman–Crippen LogP) is 2.08. The van der Waals surface area contributed by atoms with Crippen molar-refractivity contribution in [3.63, 3.8) is 0 Å². The van der Waals surface area contributed by atoms with E-state index in [4.69, 9.17) is 0 Å². The third-order valence-corrected chi connectivity index (χ3v) is 3.15. The molecule has 6 heteroatoms. The Morgan fingerprint density at radius 3 is 2.50 bits per heavy atom. The molecule has 0 fully saturated rings. The zero-order chi connectivity index (χ0) is 15.3. The standard InChI is InChI=1S/C14H20BrN3O2/c1-9(2)5-12(14(20)18(3)4)17-13(19)10-6-11(15)8-16-7-10/h6-9,12H,5H2,1-4H3,(H,17,19)/t12-/m0/s1. The Morgan fingerprint density at radius 1 is 1.35 bits per heavy atom. The van der Waals surface area contributed by atoms with Gasteiger partial charge >= 0.3 is 0 Å². The number of hydrogen-bond donors (Lipinski definition) is 1. The van der Waals surface area contributed by atoms with E-state index in [1.54, 1.807) is 26.4 Å². The topological polar surface area (TPSA) is 62.3 Å². The van der Waals surface area contributed by atoms with Crippen molar-refractivity contribution in [1.82, 2.24) is 15.2 Å². The quantitative estimate of drug-likeness (QED) is 0.891. The van der Waals surface area contributed by atoms with Crippen LogP contribution in [0.25, 0.3) is 0 Å². The molecule has 20 heavy (non-hydrogen) atoms. The lowest BCUT2D eigenvalue weighted by Gasteiger charge is -2.23. The molecule has 0 aliphatic rings. The van der Waals surface area contributed by atoms with E-state index >= 15 is 0 Å². The number of pyridine rings is 1. The monoisotopic (exact) mass is 341 g/mol. The molecule has 1 N–H and O–H groups in total. The zero-order valence-corrected chi connectivity index (χ0v) is 13.8. The first-order valence-corrected chi connectivity index (χ1v) is 7.23. The van der Waals surface area contributed by atoms with E-state index < -0.39 is 6.04 Å². The van der Waals surface area contributed by atoms with Crippen LogP contribution in [0.5, 0.6) is 0 Å². The molecule has 1 rings (SSSR count). The number of carbonyl (C=O) groups excluding carboxylic acids is 2. The van der Waals surface area contributed by atoms with Crippen molar-refractivity contribution in [3.05, 3.63) is 28.5 Å². The first-order valence-electron chi connectivity index (χ1n) is 6.43. The lowest BCUT2D eigenvalue weighted by Crippen LogP contribution is -2.46. The fourth-order valence-electron chi connectivity index (χ4n) is 1.78. The molecule has 0 aromatic carbocycles. The molecule has 1 heterocycles. The van der Waals surface area contributed by atoms with Gasteiger partial charge in [0.2, 0.25) is 5.91 Å². The average molecular weight is 342 g/mol. The van der Waals surface area contributed by atoms with Gasteiger partial charge in [-0.05, 0) is 34.3 Å². The summed E-state index contributed by atoms with van der Waals surface area (Å²) in [5.74, 6) is -0.0838. The number of halogens is 1. The maximum Gasteiger partial charge on any atom is 0.253 e. The molecule has 5 nitrogen and oxygen atoms in total. The maximum atomic E-state index is 12.2. The third-order valence-electron chi connectivity index (χ3n) is 2.72. The summed E-state index contributed by atoms with van der Waals surface area (Å²) >= 11 is 3.27. The molecule has 0 bridgehead atoms. The van der Waals surface area contributed by atoms with Crippen LogP contribution in [0.2, 0.25) is 0 Å². The molecule has 1 aromatic heterocycles. The number of likely N-dealkylation sites (N-methyl/N-ethyl adjacent to an activating group) is 1. The normalized spacial score (nSPS) is 12.1. The lowest BCUT2D eigenvalue weighted by atomic mass is 10.0. The first-order chi connectivity index (χ1) is 9.31. The van der Waals surface area contributed by atoms with Crippen LogP contribution in [0.15, 0.2) is 22.9 Å². The Morgan fingerprint density at radius 2 is 2.00 bits per heavy atom. The summed E-state index contributed by atoms with van der Waals surface area (Å²) in [5.41, 5.74) is 0.430. The van der Waals surface area contributed by atoms with E-state index in [1.165, 1.54) is 11.1 Å². The minimum absolute atomic E-state index is 0.102. The van der Waals surface area contributed by atoms with Gasteiger partial charge in [0.15, 0.2) is 0 Å². The molecule has 0 saturated heterocycles. The highest BCUT2D eigenvalue weighted by Gasteiger charge is 2.23.